The van der Waals surface area contributed by atoms with E-state index in [2.05, 4.69) is 5.32 Å². The summed E-state index contributed by atoms with van der Waals surface area (Å²) >= 11 is 0. The molecule has 6 rings (SSSR count). The number of fused-ring (bicyclic) bond motifs is 3. The molecule has 1 N–H and O–H groups in total. The van der Waals surface area contributed by atoms with Gasteiger partial charge in [-0.15, -0.1) is 0 Å². The number of hydrogen-bond acceptors (Lipinski definition) is 10. The number of pyridine rings is 1. The van der Waals surface area contributed by atoms with Crippen molar-refractivity contribution in [3.63, 3.8) is 0 Å². The summed E-state index contributed by atoms with van der Waals surface area (Å²) in [7, 11) is 2.39. The molecule has 1 aromatic heterocycles. The maximum atomic E-state index is 13.6. The quantitative estimate of drug-likeness (QED) is 0.220. The molecule has 2 heterocycles. The molecule has 11 nitrogen and oxygen atoms in total. The summed E-state index contributed by atoms with van der Waals surface area (Å²) in [4.78, 5) is 55.7. The lowest BCUT2D eigenvalue weighted by atomic mass is 9.86. The number of rotatable bonds is 7. The van der Waals surface area contributed by atoms with Gasteiger partial charge in [0.25, 0.3) is 5.91 Å². The Balaban J connectivity index is 1.26. The van der Waals surface area contributed by atoms with Crippen molar-refractivity contribution in [2.45, 2.75) is 19.3 Å². The molecule has 0 saturated carbocycles. The summed E-state index contributed by atoms with van der Waals surface area (Å²) in [5.41, 5.74) is 4.55. The van der Waals surface area contributed by atoms with E-state index in [0.29, 0.717) is 40.1 Å². The molecule has 0 bridgehead atoms. The smallest absolute Gasteiger partial charge is 0.339 e. The minimum absolute atomic E-state index is 0.0344. The van der Waals surface area contributed by atoms with E-state index in [-0.39, 0.29) is 23.6 Å². The number of allylic oxidation sites excluding steroid dienone is 1. The molecule has 0 radical (unpaired) electrons. The molecule has 0 fully saturated rings. The Kier molecular flexibility index (Phi) is 8.15. The van der Waals surface area contributed by atoms with Crippen LogP contribution in [-0.4, -0.2) is 56.4 Å². The molecule has 0 spiro atoms. The molecular weight excluding hydrogens is 580 g/mol. The molecule has 1 aliphatic heterocycles. The second-order valence-corrected chi connectivity index (χ2v) is 10.4. The number of benzene rings is 3. The van der Waals surface area contributed by atoms with Crippen LogP contribution in [0.3, 0.4) is 0 Å². The number of esters is 3. The summed E-state index contributed by atoms with van der Waals surface area (Å²) in [5, 5.41) is 3.19. The van der Waals surface area contributed by atoms with Crippen LogP contribution in [0.15, 0.2) is 60.7 Å². The number of hydrogen-bond donors (Lipinski definition) is 1. The van der Waals surface area contributed by atoms with Crippen molar-refractivity contribution in [2.75, 3.05) is 32.9 Å². The molecule has 1 aliphatic carbocycles. The van der Waals surface area contributed by atoms with Crippen molar-refractivity contribution in [1.82, 2.24) is 4.98 Å². The average molecular weight is 609 g/mol. The standard InChI is InChI=1S/C34H28N2O9/c1-41-32(38)21-14-22(33(39)42-2)16-23(15-21)35-29(37)17-43-34(40)30-24-7-3-4-9-26(24)36-31-20(6-5-8-25(30)31)12-19-10-11-27-28(13-19)45-18-44-27/h3-4,7,9-16H,5-6,8,17-18H2,1-2H3,(H,35,37). The van der Waals surface area contributed by atoms with Gasteiger partial charge in [0, 0.05) is 11.1 Å². The van der Waals surface area contributed by atoms with Gasteiger partial charge in [0.1, 0.15) is 0 Å². The monoisotopic (exact) mass is 608 g/mol. The fraction of sp³-hybridized carbons (Fsp3) is 0.206. The van der Waals surface area contributed by atoms with E-state index in [1.54, 1.807) is 0 Å². The Labute approximate surface area is 257 Å². The lowest BCUT2D eigenvalue weighted by Crippen LogP contribution is -2.23. The van der Waals surface area contributed by atoms with Gasteiger partial charge in [-0.25, -0.2) is 19.4 Å². The summed E-state index contributed by atoms with van der Waals surface area (Å²) in [5.74, 6) is -1.37. The second kappa shape index (κ2) is 12.5. The predicted octanol–water partition coefficient (Wildman–Crippen LogP) is 5.21. The molecule has 0 saturated heterocycles. The maximum Gasteiger partial charge on any atom is 0.339 e. The molecular formula is C34H28N2O9. The van der Waals surface area contributed by atoms with Gasteiger partial charge in [-0.2, -0.15) is 0 Å². The lowest BCUT2D eigenvalue weighted by molar-refractivity contribution is -0.119. The first kappa shape index (κ1) is 29.4. The van der Waals surface area contributed by atoms with Crippen LogP contribution in [0.4, 0.5) is 5.69 Å². The topological polar surface area (TPSA) is 139 Å². The summed E-state index contributed by atoms with van der Waals surface area (Å²) in [6.07, 6.45) is 4.21. The van der Waals surface area contributed by atoms with Crippen LogP contribution in [0.2, 0.25) is 0 Å². The highest BCUT2D eigenvalue weighted by molar-refractivity contribution is 6.07. The molecule has 45 heavy (non-hydrogen) atoms. The largest absolute Gasteiger partial charge is 0.465 e. The zero-order chi connectivity index (χ0) is 31.5. The van der Waals surface area contributed by atoms with Crippen molar-refractivity contribution in [3.05, 3.63) is 94.2 Å². The van der Waals surface area contributed by atoms with E-state index >= 15 is 0 Å². The Morgan fingerprint density at radius 1 is 0.867 bits per heavy atom. The molecule has 3 aromatic carbocycles. The van der Waals surface area contributed by atoms with Crippen molar-refractivity contribution >= 4 is 52.1 Å². The van der Waals surface area contributed by atoms with Crippen LogP contribution < -0.4 is 14.8 Å². The molecule has 11 heteroatoms. The highest BCUT2D eigenvalue weighted by Gasteiger charge is 2.27. The van der Waals surface area contributed by atoms with Crippen LogP contribution >= 0.6 is 0 Å². The molecule has 228 valence electrons. The number of para-hydroxylation sites is 1. The van der Waals surface area contributed by atoms with Crippen molar-refractivity contribution in [1.29, 1.82) is 0 Å². The van der Waals surface area contributed by atoms with E-state index in [1.165, 1.54) is 32.4 Å². The normalized spacial score (nSPS) is 14.0. The number of carbonyl (C=O) groups excluding carboxylic acids is 4. The second-order valence-electron chi connectivity index (χ2n) is 10.4. The van der Waals surface area contributed by atoms with E-state index in [9.17, 15) is 19.2 Å². The van der Waals surface area contributed by atoms with E-state index in [0.717, 1.165) is 29.5 Å². The minimum atomic E-state index is -0.705. The summed E-state index contributed by atoms with van der Waals surface area (Å²) in [6, 6.07) is 17.0. The number of aromatic nitrogens is 1. The number of anilines is 1. The SMILES string of the molecule is COC(=O)c1cc(NC(=O)COC(=O)c2c3c(nc4ccccc24)C(=Cc2ccc4c(c2)OCO4)CCC3)cc(C(=O)OC)c1. The first-order chi connectivity index (χ1) is 21.8. The number of amides is 1. The summed E-state index contributed by atoms with van der Waals surface area (Å²) < 4.78 is 26.0. The third-order valence-electron chi connectivity index (χ3n) is 7.51. The Bertz CT molecular complexity index is 1860. The number of nitrogens with one attached hydrogen (secondary N) is 1. The van der Waals surface area contributed by atoms with E-state index in [4.69, 9.17) is 28.7 Å². The Hall–Kier alpha value is -5.71. The maximum absolute atomic E-state index is 13.6. The molecule has 4 aromatic rings. The molecule has 0 atom stereocenters. The third-order valence-corrected chi connectivity index (χ3v) is 7.51. The predicted molar refractivity (Wildman–Crippen MR) is 163 cm³/mol. The van der Waals surface area contributed by atoms with E-state index < -0.39 is 30.4 Å². The van der Waals surface area contributed by atoms with E-state index in [1.807, 2.05) is 48.5 Å². The van der Waals surface area contributed by atoms with Gasteiger partial charge in [0.15, 0.2) is 18.1 Å². The van der Waals surface area contributed by atoms with Crippen molar-refractivity contribution in [2.24, 2.45) is 0 Å². The van der Waals surface area contributed by atoms with Crippen LogP contribution in [0.1, 0.15) is 60.7 Å². The first-order valence-electron chi connectivity index (χ1n) is 14.2. The van der Waals surface area contributed by atoms with Gasteiger partial charge in [-0.05, 0) is 78.4 Å². The summed E-state index contributed by atoms with van der Waals surface area (Å²) in [6.45, 7) is -0.427. The number of ether oxygens (including phenoxy) is 5. The van der Waals surface area contributed by atoms with Gasteiger partial charge in [-0.3, -0.25) is 4.79 Å². The number of carbonyl (C=O) groups is 4. The lowest BCUT2D eigenvalue weighted by Gasteiger charge is -2.22. The molecule has 1 amide bonds. The Morgan fingerprint density at radius 3 is 2.36 bits per heavy atom. The van der Waals surface area contributed by atoms with Crippen molar-refractivity contribution in [3.8, 4) is 11.5 Å². The average Bonchev–Trinajstić information content (AvgIpc) is 3.53. The highest BCUT2D eigenvalue weighted by Crippen LogP contribution is 2.38. The minimum Gasteiger partial charge on any atom is -0.465 e. The van der Waals surface area contributed by atoms with Crippen LogP contribution in [0.25, 0.3) is 22.6 Å². The van der Waals surface area contributed by atoms with Gasteiger partial charge in [-0.1, -0.05) is 24.3 Å². The fourth-order valence-electron chi connectivity index (χ4n) is 5.48. The van der Waals surface area contributed by atoms with Crippen molar-refractivity contribution < 1.29 is 42.9 Å². The third kappa shape index (κ3) is 6.05. The van der Waals surface area contributed by atoms with Crippen LogP contribution in [-0.2, 0) is 25.4 Å². The number of nitrogens with zero attached hydrogens (tertiary/aromatic N) is 1. The van der Waals surface area contributed by atoms with Crippen LogP contribution in [0.5, 0.6) is 11.5 Å². The fourth-order valence-corrected chi connectivity index (χ4v) is 5.48. The van der Waals surface area contributed by atoms with Crippen LogP contribution in [0, 0.1) is 0 Å². The molecule has 0 unspecified atom stereocenters. The van der Waals surface area contributed by atoms with Gasteiger partial charge in [0.2, 0.25) is 6.79 Å². The van der Waals surface area contributed by atoms with Gasteiger partial charge >= 0.3 is 17.9 Å². The number of methoxy groups -OCH3 is 2. The molecule has 2 aliphatic rings. The zero-order valence-corrected chi connectivity index (χ0v) is 24.5. The van der Waals surface area contributed by atoms with Gasteiger partial charge < -0.3 is 29.0 Å². The zero-order valence-electron chi connectivity index (χ0n) is 24.5. The Morgan fingerprint density at radius 2 is 1.60 bits per heavy atom. The van der Waals surface area contributed by atoms with Gasteiger partial charge in [0.05, 0.1) is 42.1 Å². The first-order valence-corrected chi connectivity index (χ1v) is 14.2. The highest BCUT2D eigenvalue weighted by atomic mass is 16.7.